The molecule has 0 saturated carbocycles. The van der Waals surface area contributed by atoms with Gasteiger partial charge in [-0.1, -0.05) is 30.3 Å². The smallest absolute Gasteiger partial charge is 0.262 e. The molecule has 4 aromatic rings. The SMILES string of the molecule is O=c1[nH]c(N2CCc3ccccc3C2)nc2nccc(-c3cccs3)c12. The number of fused-ring (bicyclic) bond motifs is 2. The van der Waals surface area contributed by atoms with Gasteiger partial charge in [0.1, 0.15) is 0 Å². The highest BCUT2D eigenvalue weighted by atomic mass is 32.1. The molecule has 0 unspecified atom stereocenters. The van der Waals surface area contributed by atoms with Gasteiger partial charge in [0.25, 0.3) is 5.56 Å². The molecule has 1 aromatic carbocycles. The first-order valence-electron chi connectivity index (χ1n) is 8.54. The molecule has 3 aromatic heterocycles. The molecule has 1 aliphatic rings. The van der Waals surface area contributed by atoms with Gasteiger partial charge >= 0.3 is 0 Å². The number of H-pyrrole nitrogens is 1. The van der Waals surface area contributed by atoms with Crippen LogP contribution in [0.15, 0.2) is 58.8 Å². The normalized spacial score (nSPS) is 13.8. The zero-order chi connectivity index (χ0) is 17.5. The molecule has 0 aliphatic carbocycles. The average molecular weight is 360 g/mol. The highest BCUT2D eigenvalue weighted by Crippen LogP contribution is 2.29. The Hall–Kier alpha value is -2.99. The van der Waals surface area contributed by atoms with E-state index < -0.39 is 0 Å². The van der Waals surface area contributed by atoms with Crippen LogP contribution < -0.4 is 10.5 Å². The zero-order valence-corrected chi connectivity index (χ0v) is 14.8. The van der Waals surface area contributed by atoms with Gasteiger partial charge in [0.05, 0.1) is 5.39 Å². The number of hydrogen-bond donors (Lipinski definition) is 1. The summed E-state index contributed by atoms with van der Waals surface area (Å²) in [4.78, 5) is 28.0. The quantitative estimate of drug-likeness (QED) is 0.593. The van der Waals surface area contributed by atoms with Gasteiger partial charge in [-0.3, -0.25) is 9.78 Å². The molecule has 4 heterocycles. The number of rotatable bonds is 2. The molecule has 6 heteroatoms. The van der Waals surface area contributed by atoms with Crippen molar-refractivity contribution in [2.75, 3.05) is 11.4 Å². The Morgan fingerprint density at radius 1 is 1.08 bits per heavy atom. The predicted molar refractivity (Wildman–Crippen MR) is 105 cm³/mol. The minimum absolute atomic E-state index is 0.139. The van der Waals surface area contributed by atoms with Crippen molar-refractivity contribution in [2.24, 2.45) is 0 Å². The summed E-state index contributed by atoms with van der Waals surface area (Å²) in [6.45, 7) is 1.57. The van der Waals surface area contributed by atoms with Crippen LogP contribution in [0.1, 0.15) is 11.1 Å². The van der Waals surface area contributed by atoms with Crippen molar-refractivity contribution in [3.05, 3.63) is 75.5 Å². The van der Waals surface area contributed by atoms with Crippen LogP contribution >= 0.6 is 11.3 Å². The van der Waals surface area contributed by atoms with Crippen LogP contribution in [0.2, 0.25) is 0 Å². The molecule has 1 aliphatic heterocycles. The Morgan fingerprint density at radius 3 is 2.81 bits per heavy atom. The summed E-state index contributed by atoms with van der Waals surface area (Å²) in [5.41, 5.74) is 3.88. The van der Waals surface area contributed by atoms with Crippen LogP contribution in [0.3, 0.4) is 0 Å². The number of benzene rings is 1. The number of nitrogens with one attached hydrogen (secondary N) is 1. The van der Waals surface area contributed by atoms with Crippen molar-refractivity contribution < 1.29 is 0 Å². The van der Waals surface area contributed by atoms with Crippen LogP contribution in [0.5, 0.6) is 0 Å². The number of thiophene rings is 1. The largest absolute Gasteiger partial charge is 0.338 e. The second kappa shape index (κ2) is 6.07. The third-order valence-electron chi connectivity index (χ3n) is 4.81. The maximum atomic E-state index is 12.8. The van der Waals surface area contributed by atoms with Gasteiger partial charge in [0.2, 0.25) is 5.95 Å². The fourth-order valence-electron chi connectivity index (χ4n) is 3.52. The van der Waals surface area contributed by atoms with Crippen molar-refractivity contribution >= 4 is 28.3 Å². The fraction of sp³-hybridized carbons (Fsp3) is 0.150. The van der Waals surface area contributed by atoms with E-state index in [-0.39, 0.29) is 5.56 Å². The van der Waals surface area contributed by atoms with E-state index in [4.69, 9.17) is 0 Å². The molecule has 0 radical (unpaired) electrons. The Labute approximate surface area is 154 Å². The molecule has 0 saturated heterocycles. The third-order valence-corrected chi connectivity index (χ3v) is 5.72. The lowest BCUT2D eigenvalue weighted by Gasteiger charge is -2.29. The summed E-state index contributed by atoms with van der Waals surface area (Å²) in [5.74, 6) is 0.591. The summed E-state index contributed by atoms with van der Waals surface area (Å²) < 4.78 is 0. The minimum atomic E-state index is -0.139. The molecule has 0 atom stereocenters. The molecular weight excluding hydrogens is 344 g/mol. The van der Waals surface area contributed by atoms with Crippen molar-refractivity contribution in [3.63, 3.8) is 0 Å². The average Bonchev–Trinajstić information content (AvgIpc) is 3.21. The monoisotopic (exact) mass is 360 g/mol. The van der Waals surface area contributed by atoms with Crippen molar-refractivity contribution in [1.82, 2.24) is 15.0 Å². The number of hydrogen-bond acceptors (Lipinski definition) is 5. The number of nitrogens with zero attached hydrogens (tertiary/aromatic N) is 3. The summed E-state index contributed by atoms with van der Waals surface area (Å²) in [5, 5.41) is 2.55. The van der Waals surface area contributed by atoms with Crippen LogP contribution in [-0.2, 0) is 13.0 Å². The third kappa shape index (κ3) is 2.50. The fourth-order valence-corrected chi connectivity index (χ4v) is 4.27. The molecule has 0 bridgehead atoms. The molecule has 1 N–H and O–H groups in total. The van der Waals surface area contributed by atoms with Gasteiger partial charge in [-0.2, -0.15) is 4.98 Å². The molecule has 0 amide bonds. The number of anilines is 1. The van der Waals surface area contributed by atoms with Gasteiger partial charge in [-0.05, 0) is 35.1 Å². The van der Waals surface area contributed by atoms with E-state index in [9.17, 15) is 4.79 Å². The first-order chi connectivity index (χ1) is 12.8. The maximum Gasteiger partial charge on any atom is 0.262 e. The number of pyridine rings is 1. The standard InChI is InChI=1S/C20H16N4OS/c25-19-17-15(16-6-3-11-26-16)7-9-21-18(17)22-20(23-19)24-10-8-13-4-1-2-5-14(13)12-24/h1-7,9,11H,8,10,12H2,(H,21,22,23,25). The van der Waals surface area contributed by atoms with Gasteiger partial charge in [-0.25, -0.2) is 4.98 Å². The highest BCUT2D eigenvalue weighted by molar-refractivity contribution is 7.13. The molecule has 0 fully saturated rings. The lowest BCUT2D eigenvalue weighted by molar-refractivity contribution is 0.708. The van der Waals surface area contributed by atoms with Crippen molar-refractivity contribution in [1.29, 1.82) is 0 Å². The second-order valence-electron chi connectivity index (χ2n) is 6.36. The van der Waals surface area contributed by atoms with Gasteiger partial charge in [0, 0.05) is 29.7 Å². The van der Waals surface area contributed by atoms with E-state index in [1.54, 1.807) is 17.5 Å². The van der Waals surface area contributed by atoms with Gasteiger partial charge < -0.3 is 4.90 Å². The predicted octanol–water partition coefficient (Wildman–Crippen LogP) is 3.61. The molecule has 0 spiro atoms. The summed E-state index contributed by atoms with van der Waals surface area (Å²) >= 11 is 1.61. The Balaban J connectivity index is 1.60. The van der Waals surface area contributed by atoms with E-state index in [2.05, 4.69) is 38.1 Å². The Morgan fingerprint density at radius 2 is 1.96 bits per heavy atom. The lowest BCUT2D eigenvalue weighted by atomic mass is 10.0. The first-order valence-corrected chi connectivity index (χ1v) is 9.42. The lowest BCUT2D eigenvalue weighted by Crippen LogP contribution is -2.33. The Bertz CT molecular complexity index is 1150. The topological polar surface area (TPSA) is 61.9 Å². The second-order valence-corrected chi connectivity index (χ2v) is 7.31. The van der Waals surface area contributed by atoms with E-state index in [1.807, 2.05) is 29.6 Å². The summed E-state index contributed by atoms with van der Waals surface area (Å²) in [6.07, 6.45) is 2.67. The van der Waals surface area contributed by atoms with Crippen LogP contribution in [0.25, 0.3) is 21.5 Å². The first kappa shape index (κ1) is 15.3. The summed E-state index contributed by atoms with van der Waals surface area (Å²) in [7, 11) is 0. The maximum absolute atomic E-state index is 12.8. The van der Waals surface area contributed by atoms with Crippen LogP contribution in [0.4, 0.5) is 5.95 Å². The number of aromatic nitrogens is 3. The summed E-state index contributed by atoms with van der Waals surface area (Å²) in [6, 6.07) is 14.3. The van der Waals surface area contributed by atoms with E-state index >= 15 is 0 Å². The van der Waals surface area contributed by atoms with Crippen molar-refractivity contribution in [3.8, 4) is 10.4 Å². The molecule has 5 nitrogen and oxygen atoms in total. The minimum Gasteiger partial charge on any atom is -0.338 e. The van der Waals surface area contributed by atoms with E-state index in [0.717, 1.165) is 30.0 Å². The number of aromatic amines is 1. The van der Waals surface area contributed by atoms with E-state index in [1.165, 1.54) is 11.1 Å². The zero-order valence-electron chi connectivity index (χ0n) is 14.0. The molecule has 5 rings (SSSR count). The van der Waals surface area contributed by atoms with Gasteiger partial charge in [-0.15, -0.1) is 11.3 Å². The molecular formula is C20H16N4OS. The Kier molecular flexibility index (Phi) is 3.57. The van der Waals surface area contributed by atoms with Crippen LogP contribution in [0, 0.1) is 0 Å². The van der Waals surface area contributed by atoms with Gasteiger partial charge in [0.15, 0.2) is 5.65 Å². The molecule has 26 heavy (non-hydrogen) atoms. The van der Waals surface area contributed by atoms with Crippen LogP contribution in [-0.4, -0.2) is 21.5 Å². The highest BCUT2D eigenvalue weighted by Gasteiger charge is 2.20. The van der Waals surface area contributed by atoms with E-state index in [0.29, 0.717) is 17.0 Å². The van der Waals surface area contributed by atoms with Crippen molar-refractivity contribution in [2.45, 2.75) is 13.0 Å². The molecule has 128 valence electrons.